The van der Waals surface area contributed by atoms with Crippen molar-refractivity contribution < 1.29 is 4.79 Å². The van der Waals surface area contributed by atoms with Gasteiger partial charge >= 0.3 is 0 Å². The summed E-state index contributed by atoms with van der Waals surface area (Å²) in [7, 11) is 0. The van der Waals surface area contributed by atoms with Crippen molar-refractivity contribution in [3.05, 3.63) is 58.0 Å². The topological polar surface area (TPSA) is 74.8 Å². The number of nitrogens with zero attached hydrogens (tertiary/aromatic N) is 1. The van der Waals surface area contributed by atoms with Crippen molar-refractivity contribution in [3.63, 3.8) is 0 Å². The Morgan fingerprint density at radius 2 is 1.76 bits per heavy atom. The molecule has 0 saturated carbocycles. The molecular formula is C19H25N3O2S. The van der Waals surface area contributed by atoms with Crippen LogP contribution in [0.15, 0.2) is 46.5 Å². The highest BCUT2D eigenvalue weighted by Gasteiger charge is 2.18. The summed E-state index contributed by atoms with van der Waals surface area (Å²) in [5.74, 6) is 0.884. The molecule has 1 amide bonds. The van der Waals surface area contributed by atoms with Crippen molar-refractivity contribution in [2.75, 3.05) is 5.75 Å². The molecule has 2 aromatic rings. The Balaban J connectivity index is 2.00. The molecule has 0 radical (unpaired) electrons. The van der Waals surface area contributed by atoms with Gasteiger partial charge in [0.2, 0.25) is 5.91 Å². The second-order valence-electron chi connectivity index (χ2n) is 6.64. The lowest BCUT2D eigenvalue weighted by Crippen LogP contribution is -2.33. The highest BCUT2D eigenvalue weighted by Crippen LogP contribution is 2.24. The monoisotopic (exact) mass is 359 g/mol. The maximum absolute atomic E-state index is 12.3. The number of carbonyl (C=O) groups excluding carboxylic acids is 1. The first-order chi connectivity index (χ1) is 11.9. The first-order valence-corrected chi connectivity index (χ1v) is 9.42. The van der Waals surface area contributed by atoms with E-state index in [0.717, 1.165) is 5.56 Å². The van der Waals surface area contributed by atoms with E-state index >= 15 is 0 Å². The number of thioether (sulfide) groups is 1. The van der Waals surface area contributed by atoms with Crippen molar-refractivity contribution in [3.8, 4) is 0 Å². The van der Waals surface area contributed by atoms with Crippen LogP contribution in [0.5, 0.6) is 0 Å². The number of H-pyrrole nitrogens is 1. The average Bonchev–Trinajstić information content (AvgIpc) is 2.58. The molecule has 0 aliphatic carbocycles. The van der Waals surface area contributed by atoms with Gasteiger partial charge < -0.3 is 10.3 Å². The highest BCUT2D eigenvalue weighted by atomic mass is 32.2. The van der Waals surface area contributed by atoms with Crippen LogP contribution in [0.25, 0.3) is 0 Å². The van der Waals surface area contributed by atoms with Gasteiger partial charge in [-0.25, -0.2) is 4.98 Å². The van der Waals surface area contributed by atoms with E-state index in [1.807, 2.05) is 0 Å². The van der Waals surface area contributed by atoms with Gasteiger partial charge in [0.25, 0.3) is 5.56 Å². The predicted octanol–water partition coefficient (Wildman–Crippen LogP) is 3.50. The fraction of sp³-hybridized carbons (Fsp3) is 0.421. The molecule has 0 aliphatic heterocycles. The molecule has 1 heterocycles. The zero-order chi connectivity index (χ0) is 18.4. The van der Waals surface area contributed by atoms with Crippen LogP contribution in [0.2, 0.25) is 0 Å². The minimum atomic E-state index is -0.219. The molecule has 0 saturated heterocycles. The third kappa shape index (κ3) is 5.74. The molecule has 1 aromatic heterocycles. The van der Waals surface area contributed by atoms with Gasteiger partial charge in [-0.2, -0.15) is 0 Å². The lowest BCUT2D eigenvalue weighted by atomic mass is 9.93. The molecule has 6 heteroatoms. The third-order valence-corrected chi connectivity index (χ3v) is 4.82. The smallest absolute Gasteiger partial charge is 0.251 e. The second-order valence-corrected chi connectivity index (χ2v) is 7.60. The van der Waals surface area contributed by atoms with Crippen LogP contribution in [0.3, 0.4) is 0 Å². The number of hydrogen-bond donors (Lipinski definition) is 2. The molecule has 25 heavy (non-hydrogen) atoms. The predicted molar refractivity (Wildman–Crippen MR) is 102 cm³/mol. The van der Waals surface area contributed by atoms with Crippen LogP contribution < -0.4 is 10.9 Å². The van der Waals surface area contributed by atoms with Crippen molar-refractivity contribution in [2.45, 2.75) is 44.8 Å². The summed E-state index contributed by atoms with van der Waals surface area (Å²) in [4.78, 5) is 30.2. The lowest BCUT2D eigenvalue weighted by Gasteiger charge is -2.23. The molecule has 1 aromatic carbocycles. The van der Waals surface area contributed by atoms with Gasteiger partial charge in [-0.3, -0.25) is 9.59 Å². The Morgan fingerprint density at radius 1 is 1.12 bits per heavy atom. The summed E-state index contributed by atoms with van der Waals surface area (Å²) in [6.45, 7) is 8.50. The molecule has 0 spiro atoms. The van der Waals surface area contributed by atoms with Gasteiger partial charge in [-0.1, -0.05) is 63.7 Å². The normalized spacial score (nSPS) is 12.4. The summed E-state index contributed by atoms with van der Waals surface area (Å²) < 4.78 is 0. The van der Waals surface area contributed by atoms with E-state index in [4.69, 9.17) is 0 Å². The highest BCUT2D eigenvalue weighted by molar-refractivity contribution is 7.99. The maximum Gasteiger partial charge on any atom is 0.251 e. The molecular weight excluding hydrogens is 334 g/mol. The van der Waals surface area contributed by atoms with Crippen LogP contribution in [-0.2, 0) is 4.79 Å². The first kappa shape index (κ1) is 19.2. The summed E-state index contributed by atoms with van der Waals surface area (Å²) in [6, 6.07) is 9.72. The second kappa shape index (κ2) is 8.85. The minimum Gasteiger partial charge on any atom is -0.348 e. The SMILES string of the molecule is CC(C)c1ccc([C@H](NC(=O)CSc2nccc(=O)[nH]2)C(C)C)cc1. The van der Waals surface area contributed by atoms with Gasteiger partial charge in [0.1, 0.15) is 0 Å². The Morgan fingerprint density at radius 3 is 2.32 bits per heavy atom. The molecule has 2 N–H and O–H groups in total. The molecule has 0 bridgehead atoms. The fourth-order valence-corrected chi connectivity index (χ4v) is 3.16. The summed E-state index contributed by atoms with van der Waals surface area (Å²) in [5, 5.41) is 3.54. The zero-order valence-electron chi connectivity index (χ0n) is 15.1. The van der Waals surface area contributed by atoms with E-state index in [9.17, 15) is 9.59 Å². The molecule has 0 unspecified atom stereocenters. The number of amides is 1. The largest absolute Gasteiger partial charge is 0.348 e. The van der Waals surface area contributed by atoms with E-state index in [0.29, 0.717) is 11.1 Å². The zero-order valence-corrected chi connectivity index (χ0v) is 15.9. The van der Waals surface area contributed by atoms with Gasteiger partial charge in [0, 0.05) is 12.3 Å². The summed E-state index contributed by atoms with van der Waals surface area (Å²) in [5.41, 5.74) is 2.17. The molecule has 1 atom stereocenters. The van der Waals surface area contributed by atoms with Crippen LogP contribution in [0.4, 0.5) is 0 Å². The van der Waals surface area contributed by atoms with E-state index in [-0.39, 0.29) is 29.2 Å². The Hall–Kier alpha value is -2.08. The molecule has 134 valence electrons. The van der Waals surface area contributed by atoms with Gasteiger partial charge in [0.05, 0.1) is 11.8 Å². The Kier molecular flexibility index (Phi) is 6.82. The van der Waals surface area contributed by atoms with Gasteiger partial charge in [-0.15, -0.1) is 0 Å². The number of benzene rings is 1. The van der Waals surface area contributed by atoms with Gasteiger partial charge in [-0.05, 0) is 23.0 Å². The van der Waals surface area contributed by atoms with E-state index < -0.39 is 0 Å². The molecule has 5 nitrogen and oxygen atoms in total. The Labute approximate surface area is 152 Å². The van der Waals surface area contributed by atoms with E-state index in [1.165, 1.54) is 29.6 Å². The summed E-state index contributed by atoms with van der Waals surface area (Å²) >= 11 is 1.22. The van der Waals surface area contributed by atoms with Crippen LogP contribution >= 0.6 is 11.8 Å². The standard InChI is InChI=1S/C19H25N3O2S/c1-12(2)14-5-7-15(8-6-14)18(13(3)4)21-17(24)11-25-19-20-10-9-16(23)22-19/h5-10,12-13,18H,11H2,1-4H3,(H,21,24)(H,20,22,23)/t18-/m1/s1. The number of hydrogen-bond acceptors (Lipinski definition) is 4. The van der Waals surface area contributed by atoms with Crippen molar-refractivity contribution in [1.82, 2.24) is 15.3 Å². The van der Waals surface area contributed by atoms with Gasteiger partial charge in [0.15, 0.2) is 5.16 Å². The number of nitrogens with one attached hydrogen (secondary N) is 2. The van der Waals surface area contributed by atoms with Crippen LogP contribution in [0.1, 0.15) is 50.8 Å². The molecule has 0 aliphatic rings. The Bertz CT molecular complexity index is 754. The van der Waals surface area contributed by atoms with Crippen molar-refractivity contribution in [2.24, 2.45) is 5.92 Å². The number of aromatic nitrogens is 2. The van der Waals surface area contributed by atoms with Crippen LogP contribution in [-0.4, -0.2) is 21.6 Å². The van der Waals surface area contributed by atoms with Crippen molar-refractivity contribution >= 4 is 17.7 Å². The molecule has 0 fully saturated rings. The van der Waals surface area contributed by atoms with Crippen LogP contribution in [0, 0.1) is 5.92 Å². The summed E-state index contributed by atoms with van der Waals surface area (Å²) in [6.07, 6.45) is 1.44. The fourth-order valence-electron chi connectivity index (χ4n) is 2.50. The quantitative estimate of drug-likeness (QED) is 0.586. The maximum atomic E-state index is 12.3. The first-order valence-electron chi connectivity index (χ1n) is 8.44. The van der Waals surface area contributed by atoms with Crippen molar-refractivity contribution in [1.29, 1.82) is 0 Å². The third-order valence-electron chi connectivity index (χ3n) is 3.93. The average molecular weight is 359 g/mol. The number of rotatable bonds is 7. The van der Waals surface area contributed by atoms with E-state index in [2.05, 4.69) is 67.2 Å². The number of aromatic amines is 1. The minimum absolute atomic E-state index is 0.0444. The van der Waals surface area contributed by atoms with E-state index in [1.54, 1.807) is 0 Å². The molecule has 2 rings (SSSR count). The number of carbonyl (C=O) groups is 1. The lowest BCUT2D eigenvalue weighted by molar-refractivity contribution is -0.119.